The number of hydrogen-bond donors (Lipinski definition) is 0. The number of nitrogens with zero attached hydrogens (tertiary/aromatic N) is 2. The van der Waals surface area contributed by atoms with Crippen LogP contribution < -0.4 is 0 Å². The zero-order valence-corrected chi connectivity index (χ0v) is 12.4. The quantitative estimate of drug-likeness (QED) is 0.801. The molecule has 1 heterocycles. The standard InChI is InChI=1S/C16H24N2/c1-12-7-8-14-9-10-18(15(14)13(12)2)11-16(3,4)17(5)6/h7-10H,11H2,1-6H3. The van der Waals surface area contributed by atoms with E-state index in [1.54, 1.807) is 0 Å². The van der Waals surface area contributed by atoms with E-state index in [0.717, 1.165) is 6.54 Å². The van der Waals surface area contributed by atoms with Gasteiger partial charge in [-0.05, 0) is 64.4 Å². The van der Waals surface area contributed by atoms with E-state index in [2.05, 4.69) is 75.7 Å². The van der Waals surface area contributed by atoms with Crippen molar-refractivity contribution >= 4 is 10.9 Å². The van der Waals surface area contributed by atoms with Crippen LogP contribution in [0.4, 0.5) is 0 Å². The molecular weight excluding hydrogens is 220 g/mol. The van der Waals surface area contributed by atoms with E-state index in [1.807, 2.05) is 0 Å². The Balaban J connectivity index is 2.50. The van der Waals surface area contributed by atoms with E-state index in [1.165, 1.54) is 22.0 Å². The third-order valence-corrected chi connectivity index (χ3v) is 4.22. The van der Waals surface area contributed by atoms with Crippen molar-refractivity contribution in [3.63, 3.8) is 0 Å². The van der Waals surface area contributed by atoms with Gasteiger partial charge in [0.1, 0.15) is 0 Å². The lowest BCUT2D eigenvalue weighted by atomic mass is 10.0. The summed E-state index contributed by atoms with van der Waals surface area (Å²) in [5.41, 5.74) is 4.30. The van der Waals surface area contributed by atoms with Gasteiger partial charge in [-0.25, -0.2) is 0 Å². The molecule has 2 nitrogen and oxygen atoms in total. The summed E-state index contributed by atoms with van der Waals surface area (Å²) >= 11 is 0. The monoisotopic (exact) mass is 244 g/mol. The summed E-state index contributed by atoms with van der Waals surface area (Å²) in [6, 6.07) is 6.64. The number of likely N-dealkylation sites (N-methyl/N-ethyl adjacent to an activating group) is 1. The number of hydrogen-bond acceptors (Lipinski definition) is 1. The van der Waals surface area contributed by atoms with Crippen LogP contribution in [0.1, 0.15) is 25.0 Å². The molecule has 0 spiro atoms. The average Bonchev–Trinajstić information content (AvgIpc) is 2.66. The van der Waals surface area contributed by atoms with E-state index in [0.29, 0.717) is 0 Å². The van der Waals surface area contributed by atoms with Crippen molar-refractivity contribution in [3.05, 3.63) is 35.5 Å². The fourth-order valence-corrected chi connectivity index (χ4v) is 2.27. The van der Waals surface area contributed by atoms with Crippen molar-refractivity contribution in [2.45, 2.75) is 39.8 Å². The molecule has 1 aromatic heterocycles. The van der Waals surface area contributed by atoms with Crippen LogP contribution in [0.25, 0.3) is 10.9 Å². The van der Waals surface area contributed by atoms with Crippen LogP contribution in [0.15, 0.2) is 24.4 Å². The van der Waals surface area contributed by atoms with Gasteiger partial charge < -0.3 is 9.47 Å². The van der Waals surface area contributed by atoms with Crippen molar-refractivity contribution in [3.8, 4) is 0 Å². The first-order valence-corrected chi connectivity index (χ1v) is 6.55. The Morgan fingerprint density at radius 3 is 2.39 bits per heavy atom. The molecule has 0 aliphatic carbocycles. The maximum Gasteiger partial charge on any atom is 0.0513 e. The summed E-state index contributed by atoms with van der Waals surface area (Å²) in [5.74, 6) is 0. The van der Waals surface area contributed by atoms with Crippen LogP contribution in [0.2, 0.25) is 0 Å². The highest BCUT2D eigenvalue weighted by molar-refractivity contribution is 5.84. The van der Waals surface area contributed by atoms with Crippen LogP contribution >= 0.6 is 0 Å². The van der Waals surface area contributed by atoms with E-state index in [4.69, 9.17) is 0 Å². The third kappa shape index (κ3) is 2.17. The maximum atomic E-state index is 2.39. The van der Waals surface area contributed by atoms with Gasteiger partial charge in [0.25, 0.3) is 0 Å². The number of rotatable bonds is 3. The molecule has 0 unspecified atom stereocenters. The summed E-state index contributed by atoms with van der Waals surface area (Å²) in [5, 5.41) is 1.34. The van der Waals surface area contributed by atoms with E-state index in [-0.39, 0.29) is 5.54 Å². The van der Waals surface area contributed by atoms with Gasteiger partial charge in [0, 0.05) is 18.3 Å². The Labute approximate surface area is 110 Å². The highest BCUT2D eigenvalue weighted by Crippen LogP contribution is 2.25. The zero-order valence-electron chi connectivity index (χ0n) is 12.4. The number of aromatic nitrogens is 1. The fourth-order valence-electron chi connectivity index (χ4n) is 2.27. The molecule has 0 radical (unpaired) electrons. The number of aryl methyl sites for hydroxylation is 2. The zero-order chi connectivity index (χ0) is 13.5. The van der Waals surface area contributed by atoms with Gasteiger partial charge in [0.2, 0.25) is 0 Å². The first kappa shape index (κ1) is 13.2. The number of benzene rings is 1. The van der Waals surface area contributed by atoms with Crippen molar-refractivity contribution < 1.29 is 0 Å². The normalized spacial score (nSPS) is 12.6. The summed E-state index contributed by atoms with van der Waals surface area (Å²) in [7, 11) is 4.29. The maximum absolute atomic E-state index is 2.39. The molecule has 0 N–H and O–H groups in total. The van der Waals surface area contributed by atoms with Crippen molar-refractivity contribution in [1.29, 1.82) is 0 Å². The molecule has 0 fully saturated rings. The van der Waals surface area contributed by atoms with Crippen LogP contribution in [0.3, 0.4) is 0 Å². The molecule has 0 aliphatic heterocycles. The largest absolute Gasteiger partial charge is 0.345 e. The Morgan fingerprint density at radius 2 is 1.78 bits per heavy atom. The first-order valence-electron chi connectivity index (χ1n) is 6.55. The smallest absolute Gasteiger partial charge is 0.0513 e. The highest BCUT2D eigenvalue weighted by atomic mass is 15.2. The van der Waals surface area contributed by atoms with E-state index in [9.17, 15) is 0 Å². The Morgan fingerprint density at radius 1 is 1.11 bits per heavy atom. The van der Waals surface area contributed by atoms with Crippen molar-refractivity contribution in [1.82, 2.24) is 9.47 Å². The van der Waals surface area contributed by atoms with Crippen LogP contribution in [0.5, 0.6) is 0 Å². The van der Waals surface area contributed by atoms with Gasteiger partial charge >= 0.3 is 0 Å². The minimum absolute atomic E-state index is 0.155. The summed E-state index contributed by atoms with van der Waals surface area (Å²) in [4.78, 5) is 2.28. The van der Waals surface area contributed by atoms with Crippen LogP contribution in [-0.4, -0.2) is 29.1 Å². The molecule has 1 aromatic carbocycles. The minimum atomic E-state index is 0.155. The molecular formula is C16H24N2. The molecule has 0 amide bonds. The van der Waals surface area contributed by atoms with E-state index >= 15 is 0 Å². The second-order valence-corrected chi connectivity index (χ2v) is 6.10. The first-order chi connectivity index (χ1) is 8.33. The lowest BCUT2D eigenvalue weighted by Gasteiger charge is -2.33. The molecule has 0 saturated carbocycles. The molecule has 2 heteroatoms. The Kier molecular flexibility index (Phi) is 3.24. The van der Waals surface area contributed by atoms with Gasteiger partial charge in [0.05, 0.1) is 5.52 Å². The summed E-state index contributed by atoms with van der Waals surface area (Å²) in [6.45, 7) is 9.97. The molecule has 18 heavy (non-hydrogen) atoms. The molecule has 0 aliphatic rings. The summed E-state index contributed by atoms with van der Waals surface area (Å²) < 4.78 is 2.39. The fraction of sp³-hybridized carbons (Fsp3) is 0.500. The van der Waals surface area contributed by atoms with E-state index < -0.39 is 0 Å². The molecule has 0 bridgehead atoms. The lowest BCUT2D eigenvalue weighted by molar-refractivity contribution is 0.171. The predicted molar refractivity (Wildman–Crippen MR) is 79.2 cm³/mol. The second-order valence-electron chi connectivity index (χ2n) is 6.10. The molecule has 0 saturated heterocycles. The van der Waals surface area contributed by atoms with Crippen molar-refractivity contribution in [2.75, 3.05) is 14.1 Å². The Bertz CT molecular complexity index is 562. The SMILES string of the molecule is Cc1ccc2ccn(CC(C)(C)N(C)C)c2c1C. The van der Waals surface area contributed by atoms with Gasteiger partial charge in [0.15, 0.2) is 0 Å². The second kappa shape index (κ2) is 4.43. The van der Waals surface area contributed by atoms with Gasteiger partial charge in [-0.3, -0.25) is 0 Å². The van der Waals surface area contributed by atoms with Crippen LogP contribution in [-0.2, 0) is 6.54 Å². The molecule has 2 rings (SSSR count). The third-order valence-electron chi connectivity index (χ3n) is 4.22. The number of fused-ring (bicyclic) bond motifs is 1. The molecule has 0 atom stereocenters. The molecule has 98 valence electrons. The lowest BCUT2D eigenvalue weighted by Crippen LogP contribution is -2.41. The van der Waals surface area contributed by atoms with Crippen molar-refractivity contribution in [2.24, 2.45) is 0 Å². The average molecular weight is 244 g/mol. The minimum Gasteiger partial charge on any atom is -0.345 e. The topological polar surface area (TPSA) is 8.17 Å². The van der Waals surface area contributed by atoms with Gasteiger partial charge in [-0.1, -0.05) is 12.1 Å². The highest BCUT2D eigenvalue weighted by Gasteiger charge is 2.22. The Hall–Kier alpha value is -1.28. The predicted octanol–water partition coefficient (Wildman–Crippen LogP) is 3.60. The molecule has 2 aromatic rings. The van der Waals surface area contributed by atoms with Gasteiger partial charge in [-0.15, -0.1) is 0 Å². The van der Waals surface area contributed by atoms with Crippen LogP contribution in [0, 0.1) is 13.8 Å². The summed E-state index contributed by atoms with van der Waals surface area (Å²) in [6.07, 6.45) is 2.21. The van der Waals surface area contributed by atoms with Gasteiger partial charge in [-0.2, -0.15) is 0 Å².